The second kappa shape index (κ2) is 12.4. The van der Waals surface area contributed by atoms with Crippen molar-refractivity contribution in [2.24, 2.45) is 0 Å². The van der Waals surface area contributed by atoms with Crippen LogP contribution in [-0.2, 0) is 9.09 Å². The summed E-state index contributed by atoms with van der Waals surface area (Å²) in [5, 5.41) is 17.4. The van der Waals surface area contributed by atoms with Gasteiger partial charge in [0, 0.05) is 24.3 Å². The van der Waals surface area contributed by atoms with Crippen molar-refractivity contribution in [3.8, 4) is 0 Å². The first-order valence-corrected chi connectivity index (χ1v) is 7.07. The zero-order valence-electron chi connectivity index (χ0n) is 10.1. The molecule has 1 unspecified atom stereocenters. The molecule has 0 aromatic heterocycles. The number of rotatable bonds is 12. The number of nitrogens with zero attached hydrogens (tertiary/aromatic N) is 1. The van der Waals surface area contributed by atoms with E-state index in [4.69, 9.17) is 15.1 Å². The molecule has 0 rings (SSSR count). The zero-order valence-corrected chi connectivity index (χ0v) is 11.0. The van der Waals surface area contributed by atoms with Crippen LogP contribution in [0, 0.1) is 0 Å². The molecule has 0 radical (unpaired) electrons. The maximum Gasteiger partial charge on any atom is 0.694 e. The Labute approximate surface area is 103 Å². The summed E-state index contributed by atoms with van der Waals surface area (Å²) in [5.74, 6) is 0. The second-order valence-corrected chi connectivity index (χ2v) is 4.51. The summed E-state index contributed by atoms with van der Waals surface area (Å²) in [4.78, 5) is 10.6. The first kappa shape index (κ1) is 16.9. The van der Waals surface area contributed by atoms with E-state index in [0.717, 1.165) is 38.8 Å². The Morgan fingerprint density at radius 1 is 0.941 bits per heavy atom. The summed E-state index contributed by atoms with van der Waals surface area (Å²) in [6.45, 7) is 2.85. The van der Waals surface area contributed by atoms with E-state index in [1.54, 1.807) is 0 Å². The van der Waals surface area contributed by atoms with Crippen molar-refractivity contribution in [1.82, 2.24) is 4.90 Å². The monoisotopic (exact) mass is 268 g/mol. The van der Waals surface area contributed by atoms with Gasteiger partial charge in [-0.25, -0.2) is 0 Å². The highest BCUT2D eigenvalue weighted by molar-refractivity contribution is 7.32. The van der Waals surface area contributed by atoms with E-state index in [0.29, 0.717) is 6.54 Å². The lowest BCUT2D eigenvalue weighted by atomic mass is 10.2. The fourth-order valence-corrected chi connectivity index (χ4v) is 1.72. The van der Waals surface area contributed by atoms with Gasteiger partial charge in [0.2, 0.25) is 0 Å². The van der Waals surface area contributed by atoms with Crippen LogP contribution in [0.25, 0.3) is 0 Å². The minimum atomic E-state index is -2.52. The lowest BCUT2D eigenvalue weighted by molar-refractivity contribution is 0.186. The van der Waals surface area contributed by atoms with E-state index in [2.05, 4.69) is 9.42 Å². The summed E-state index contributed by atoms with van der Waals surface area (Å²) in [5.41, 5.74) is 0. The van der Waals surface area contributed by atoms with Crippen molar-refractivity contribution in [3.05, 3.63) is 0 Å². The number of hydrogen-bond donors (Lipinski definition) is 3. The Balaban J connectivity index is 3.71. The molecule has 0 aliphatic carbocycles. The predicted molar refractivity (Wildman–Crippen MR) is 64.9 cm³/mol. The first-order valence-electron chi connectivity index (χ1n) is 5.93. The third-order valence-corrected chi connectivity index (χ3v) is 2.78. The average molecular weight is 268 g/mol. The van der Waals surface area contributed by atoms with Gasteiger partial charge in [-0.3, -0.25) is 0 Å². The molecule has 102 valence electrons. The molecule has 0 aliphatic heterocycles. The van der Waals surface area contributed by atoms with Crippen molar-refractivity contribution in [1.29, 1.82) is 0 Å². The van der Waals surface area contributed by atoms with Gasteiger partial charge in [0.25, 0.3) is 0 Å². The lowest BCUT2D eigenvalue weighted by Gasteiger charge is -2.20. The molecule has 0 heterocycles. The van der Waals surface area contributed by atoms with E-state index >= 15 is 0 Å². The smallest absolute Gasteiger partial charge is 0.396 e. The highest BCUT2D eigenvalue weighted by Crippen LogP contribution is 2.13. The normalized spacial score (nSPS) is 12.1. The van der Waals surface area contributed by atoms with Gasteiger partial charge in [-0.1, -0.05) is 0 Å². The van der Waals surface area contributed by atoms with Gasteiger partial charge < -0.3 is 15.1 Å². The SMILES string of the molecule is O=[P+](O)OCCN(CCCCO)CCCCO. The van der Waals surface area contributed by atoms with Crippen molar-refractivity contribution in [2.75, 3.05) is 39.5 Å². The molecule has 3 N–H and O–H groups in total. The van der Waals surface area contributed by atoms with Gasteiger partial charge in [0.15, 0.2) is 0 Å². The summed E-state index contributed by atoms with van der Waals surface area (Å²) in [6.07, 6.45) is 3.29. The van der Waals surface area contributed by atoms with Crippen LogP contribution in [0.15, 0.2) is 0 Å². The lowest BCUT2D eigenvalue weighted by Crippen LogP contribution is -2.29. The molecular weight excluding hydrogens is 245 g/mol. The van der Waals surface area contributed by atoms with Gasteiger partial charge in [-0.05, 0) is 38.8 Å². The number of aliphatic hydroxyl groups excluding tert-OH is 2. The van der Waals surface area contributed by atoms with Crippen LogP contribution in [0.2, 0.25) is 0 Å². The summed E-state index contributed by atoms with van der Waals surface area (Å²) < 4.78 is 15.0. The van der Waals surface area contributed by atoms with Crippen LogP contribution >= 0.6 is 8.25 Å². The van der Waals surface area contributed by atoms with Crippen molar-refractivity contribution >= 4 is 8.25 Å². The standard InChI is InChI=1S/C10H22NO5P/c12-8-3-1-5-11(6-2-4-9-13)7-10-16-17(14)15/h12-13H,1-10H2/p+1. The minimum absolute atomic E-state index is 0.184. The molecule has 0 spiro atoms. The fourth-order valence-electron chi connectivity index (χ4n) is 1.48. The number of aliphatic hydroxyl groups is 2. The van der Waals surface area contributed by atoms with Crippen LogP contribution in [0.1, 0.15) is 25.7 Å². The van der Waals surface area contributed by atoms with Crippen LogP contribution < -0.4 is 0 Å². The van der Waals surface area contributed by atoms with Crippen molar-refractivity contribution < 1.29 is 24.2 Å². The van der Waals surface area contributed by atoms with Gasteiger partial charge in [0.1, 0.15) is 6.61 Å². The zero-order chi connectivity index (χ0) is 12.9. The highest BCUT2D eigenvalue weighted by atomic mass is 31.1. The Bertz CT molecular complexity index is 184. The summed E-state index contributed by atoms with van der Waals surface area (Å²) in [7, 11) is -2.52. The van der Waals surface area contributed by atoms with Crippen LogP contribution in [0.5, 0.6) is 0 Å². The largest absolute Gasteiger partial charge is 0.694 e. The first-order chi connectivity index (χ1) is 8.20. The molecule has 7 heteroatoms. The Kier molecular flexibility index (Phi) is 12.3. The third-order valence-electron chi connectivity index (χ3n) is 2.37. The molecule has 0 fully saturated rings. The average Bonchev–Trinajstić information content (AvgIpc) is 2.28. The van der Waals surface area contributed by atoms with E-state index < -0.39 is 8.25 Å². The van der Waals surface area contributed by atoms with Crippen LogP contribution in [0.4, 0.5) is 0 Å². The number of unbranched alkanes of at least 4 members (excludes halogenated alkanes) is 2. The molecule has 6 nitrogen and oxygen atoms in total. The Morgan fingerprint density at radius 2 is 1.47 bits per heavy atom. The maximum atomic E-state index is 10.3. The van der Waals surface area contributed by atoms with Crippen molar-refractivity contribution in [3.63, 3.8) is 0 Å². The molecule has 0 bridgehead atoms. The highest BCUT2D eigenvalue weighted by Gasteiger charge is 2.13. The van der Waals surface area contributed by atoms with Gasteiger partial charge in [-0.15, -0.1) is 9.42 Å². The molecular formula is C10H23NO5P+. The molecule has 17 heavy (non-hydrogen) atoms. The van der Waals surface area contributed by atoms with E-state index in [-0.39, 0.29) is 19.8 Å². The Hall–Kier alpha value is -0.100. The third kappa shape index (κ3) is 12.2. The van der Waals surface area contributed by atoms with Gasteiger partial charge in [0.05, 0.1) is 0 Å². The van der Waals surface area contributed by atoms with E-state index in [1.165, 1.54) is 0 Å². The predicted octanol–water partition coefficient (Wildman–Crippen LogP) is 0.500. The van der Waals surface area contributed by atoms with E-state index in [1.807, 2.05) is 0 Å². The van der Waals surface area contributed by atoms with Crippen LogP contribution in [0.3, 0.4) is 0 Å². The molecule has 1 atom stereocenters. The minimum Gasteiger partial charge on any atom is -0.396 e. The Morgan fingerprint density at radius 3 is 1.88 bits per heavy atom. The van der Waals surface area contributed by atoms with Crippen molar-refractivity contribution in [2.45, 2.75) is 25.7 Å². The molecule has 0 aromatic carbocycles. The topological polar surface area (TPSA) is 90.2 Å². The molecule has 0 saturated heterocycles. The maximum absolute atomic E-state index is 10.3. The molecule has 0 amide bonds. The molecule has 0 aliphatic rings. The second-order valence-electron chi connectivity index (χ2n) is 3.77. The molecule has 0 saturated carbocycles. The van der Waals surface area contributed by atoms with E-state index in [9.17, 15) is 4.57 Å². The fraction of sp³-hybridized carbons (Fsp3) is 1.00. The summed E-state index contributed by atoms with van der Waals surface area (Å²) >= 11 is 0. The van der Waals surface area contributed by atoms with Crippen LogP contribution in [-0.4, -0.2) is 59.5 Å². The number of hydrogen-bond acceptors (Lipinski definition) is 5. The quantitative estimate of drug-likeness (QED) is 0.353. The van der Waals surface area contributed by atoms with Gasteiger partial charge >= 0.3 is 8.25 Å². The van der Waals surface area contributed by atoms with Gasteiger partial charge in [-0.2, -0.15) is 0 Å². The summed E-state index contributed by atoms with van der Waals surface area (Å²) in [6, 6.07) is 0. The molecule has 0 aromatic rings.